The minimum Gasteiger partial charge on any atom is -0.493 e. The van der Waals surface area contributed by atoms with Crippen molar-refractivity contribution in [3.8, 4) is 17.6 Å². The SMILES string of the molecule is COc1cc(/C=C(\C#N)C(=O)Nc2ccccc2Cl)ccc1OCC(=O)Nc1ccccc1F. The molecule has 0 fully saturated rings. The van der Waals surface area contributed by atoms with Crippen LogP contribution in [0.4, 0.5) is 15.8 Å². The van der Waals surface area contributed by atoms with Gasteiger partial charge in [-0.3, -0.25) is 9.59 Å². The number of amides is 2. The van der Waals surface area contributed by atoms with Crippen molar-refractivity contribution in [3.05, 3.63) is 88.7 Å². The average Bonchev–Trinajstić information content (AvgIpc) is 2.84. The van der Waals surface area contributed by atoms with Gasteiger partial charge in [0.1, 0.15) is 17.5 Å². The zero-order valence-corrected chi connectivity index (χ0v) is 18.7. The van der Waals surface area contributed by atoms with E-state index in [1.165, 1.54) is 37.5 Å². The Kier molecular flexibility index (Phi) is 8.21. The van der Waals surface area contributed by atoms with E-state index in [4.69, 9.17) is 21.1 Å². The molecule has 0 aliphatic heterocycles. The summed E-state index contributed by atoms with van der Waals surface area (Å²) in [5, 5.41) is 14.8. The third kappa shape index (κ3) is 6.34. The van der Waals surface area contributed by atoms with Gasteiger partial charge in [0.2, 0.25) is 0 Å². The van der Waals surface area contributed by atoms with Gasteiger partial charge in [-0.15, -0.1) is 0 Å². The summed E-state index contributed by atoms with van der Waals surface area (Å²) in [5.74, 6) is -1.21. The molecule has 0 aromatic heterocycles. The minimum absolute atomic E-state index is 0.0441. The van der Waals surface area contributed by atoms with E-state index in [0.717, 1.165) is 0 Å². The number of nitrogens with one attached hydrogen (secondary N) is 2. The highest BCUT2D eigenvalue weighted by Gasteiger charge is 2.13. The van der Waals surface area contributed by atoms with Crippen molar-refractivity contribution in [2.45, 2.75) is 0 Å². The van der Waals surface area contributed by atoms with Gasteiger partial charge in [0, 0.05) is 0 Å². The van der Waals surface area contributed by atoms with Crippen molar-refractivity contribution in [1.82, 2.24) is 0 Å². The maximum Gasteiger partial charge on any atom is 0.266 e. The van der Waals surface area contributed by atoms with E-state index in [2.05, 4.69) is 10.6 Å². The third-order valence-electron chi connectivity index (χ3n) is 4.49. The average molecular weight is 480 g/mol. The lowest BCUT2D eigenvalue weighted by Crippen LogP contribution is -2.20. The van der Waals surface area contributed by atoms with Gasteiger partial charge in [-0.2, -0.15) is 5.26 Å². The predicted octanol–water partition coefficient (Wildman–Crippen LogP) is 5.05. The Morgan fingerprint density at radius 1 is 1.03 bits per heavy atom. The van der Waals surface area contributed by atoms with Crippen LogP contribution >= 0.6 is 11.6 Å². The van der Waals surface area contributed by atoms with E-state index in [0.29, 0.717) is 16.3 Å². The molecule has 0 heterocycles. The molecule has 34 heavy (non-hydrogen) atoms. The first kappa shape index (κ1) is 24.3. The van der Waals surface area contributed by atoms with Gasteiger partial charge >= 0.3 is 0 Å². The summed E-state index contributed by atoms with van der Waals surface area (Å²) in [4.78, 5) is 24.6. The molecule has 3 rings (SSSR count). The van der Waals surface area contributed by atoms with Gasteiger partial charge in [-0.1, -0.05) is 41.9 Å². The number of halogens is 2. The normalized spacial score (nSPS) is 10.7. The van der Waals surface area contributed by atoms with Crippen LogP contribution in [-0.2, 0) is 9.59 Å². The van der Waals surface area contributed by atoms with Crippen molar-refractivity contribution in [2.24, 2.45) is 0 Å². The lowest BCUT2D eigenvalue weighted by atomic mass is 10.1. The number of anilines is 2. The molecule has 0 atom stereocenters. The number of methoxy groups -OCH3 is 1. The van der Waals surface area contributed by atoms with Crippen LogP contribution in [0.3, 0.4) is 0 Å². The second-order valence-electron chi connectivity index (χ2n) is 6.83. The Balaban J connectivity index is 1.69. The Hall–Kier alpha value is -4.35. The number of ether oxygens (including phenoxy) is 2. The molecule has 3 aromatic rings. The molecule has 0 saturated carbocycles. The van der Waals surface area contributed by atoms with E-state index < -0.39 is 17.6 Å². The van der Waals surface area contributed by atoms with E-state index in [1.54, 1.807) is 42.5 Å². The summed E-state index contributed by atoms with van der Waals surface area (Å²) in [6, 6.07) is 19.0. The number of hydrogen-bond acceptors (Lipinski definition) is 5. The lowest BCUT2D eigenvalue weighted by Gasteiger charge is -2.12. The third-order valence-corrected chi connectivity index (χ3v) is 4.82. The maximum atomic E-state index is 13.7. The zero-order chi connectivity index (χ0) is 24.5. The fraction of sp³-hybridized carbons (Fsp3) is 0.0800. The molecule has 0 saturated heterocycles. The molecule has 7 nitrogen and oxygen atoms in total. The summed E-state index contributed by atoms with van der Waals surface area (Å²) in [6.07, 6.45) is 1.38. The van der Waals surface area contributed by atoms with Crippen molar-refractivity contribution in [3.63, 3.8) is 0 Å². The first-order valence-corrected chi connectivity index (χ1v) is 10.3. The van der Waals surface area contributed by atoms with Crippen LogP contribution in [0.15, 0.2) is 72.3 Å². The second-order valence-corrected chi connectivity index (χ2v) is 7.24. The predicted molar refractivity (Wildman–Crippen MR) is 127 cm³/mol. The first-order chi connectivity index (χ1) is 16.4. The Bertz CT molecular complexity index is 1290. The monoisotopic (exact) mass is 479 g/mol. The molecule has 2 amide bonds. The molecule has 0 bridgehead atoms. The van der Waals surface area contributed by atoms with Crippen LogP contribution in [0.1, 0.15) is 5.56 Å². The van der Waals surface area contributed by atoms with E-state index in [9.17, 15) is 19.2 Å². The molecule has 172 valence electrons. The smallest absolute Gasteiger partial charge is 0.266 e. The molecule has 0 aliphatic rings. The molecule has 0 unspecified atom stereocenters. The Morgan fingerprint density at radius 2 is 1.74 bits per heavy atom. The van der Waals surface area contributed by atoms with Crippen LogP contribution in [-0.4, -0.2) is 25.5 Å². The molecule has 0 spiro atoms. The van der Waals surface area contributed by atoms with Gasteiger partial charge in [0.05, 0.1) is 23.5 Å². The number of benzene rings is 3. The van der Waals surface area contributed by atoms with Crippen LogP contribution in [0.25, 0.3) is 6.08 Å². The largest absolute Gasteiger partial charge is 0.493 e. The Morgan fingerprint density at radius 3 is 2.41 bits per heavy atom. The highest BCUT2D eigenvalue weighted by atomic mass is 35.5. The highest BCUT2D eigenvalue weighted by molar-refractivity contribution is 6.34. The molecule has 9 heteroatoms. The standard InChI is InChI=1S/C25H19ClFN3O4/c1-33-23-13-16(12-17(14-28)25(32)30-20-8-4-2-6-18(20)26)10-11-22(23)34-15-24(31)29-21-9-5-3-7-19(21)27/h2-13H,15H2,1H3,(H,29,31)(H,30,32)/b17-12+. The Labute approximate surface area is 200 Å². The zero-order valence-electron chi connectivity index (χ0n) is 18.0. The van der Waals surface area contributed by atoms with E-state index in [-0.39, 0.29) is 29.4 Å². The lowest BCUT2D eigenvalue weighted by molar-refractivity contribution is -0.118. The summed E-state index contributed by atoms with van der Waals surface area (Å²) >= 11 is 6.04. The van der Waals surface area contributed by atoms with E-state index in [1.807, 2.05) is 6.07 Å². The van der Waals surface area contributed by atoms with Crippen molar-refractivity contribution >= 4 is 40.9 Å². The molecule has 0 aliphatic carbocycles. The van der Waals surface area contributed by atoms with Crippen molar-refractivity contribution in [1.29, 1.82) is 5.26 Å². The number of para-hydroxylation sites is 2. The fourth-order valence-corrected chi connectivity index (χ4v) is 3.04. The first-order valence-electron chi connectivity index (χ1n) is 9.94. The van der Waals surface area contributed by atoms with Gasteiger partial charge in [-0.25, -0.2) is 4.39 Å². The number of carbonyl (C=O) groups is 2. The van der Waals surface area contributed by atoms with Crippen molar-refractivity contribution < 1.29 is 23.5 Å². The van der Waals surface area contributed by atoms with Gasteiger partial charge < -0.3 is 20.1 Å². The highest BCUT2D eigenvalue weighted by Crippen LogP contribution is 2.29. The minimum atomic E-state index is -0.625. The molecule has 2 N–H and O–H groups in total. The quantitative estimate of drug-likeness (QED) is 0.348. The number of carbonyl (C=O) groups excluding carboxylic acids is 2. The van der Waals surface area contributed by atoms with Gasteiger partial charge in [-0.05, 0) is 48.0 Å². The van der Waals surface area contributed by atoms with E-state index >= 15 is 0 Å². The van der Waals surface area contributed by atoms with Gasteiger partial charge in [0.15, 0.2) is 18.1 Å². The summed E-state index contributed by atoms with van der Waals surface area (Å²) < 4.78 is 24.5. The number of rotatable bonds is 8. The van der Waals surface area contributed by atoms with Crippen LogP contribution in [0.5, 0.6) is 11.5 Å². The summed E-state index contributed by atoms with van der Waals surface area (Å²) in [6.45, 7) is -0.385. The van der Waals surface area contributed by atoms with Crippen LogP contribution in [0, 0.1) is 17.1 Å². The number of nitriles is 1. The summed E-state index contributed by atoms with van der Waals surface area (Å²) in [7, 11) is 1.41. The second kappa shape index (κ2) is 11.5. The molecule has 3 aromatic carbocycles. The molecule has 0 radical (unpaired) electrons. The summed E-state index contributed by atoms with van der Waals surface area (Å²) in [5.41, 5.74) is 0.763. The van der Waals surface area contributed by atoms with Crippen LogP contribution in [0.2, 0.25) is 5.02 Å². The van der Waals surface area contributed by atoms with Gasteiger partial charge in [0.25, 0.3) is 11.8 Å². The number of hydrogen-bond donors (Lipinski definition) is 2. The van der Waals surface area contributed by atoms with Crippen LogP contribution < -0.4 is 20.1 Å². The maximum absolute atomic E-state index is 13.7. The number of nitrogens with zero attached hydrogens (tertiary/aromatic N) is 1. The topological polar surface area (TPSA) is 100 Å². The van der Waals surface area contributed by atoms with Crippen molar-refractivity contribution in [2.75, 3.05) is 24.4 Å². The molecular weight excluding hydrogens is 461 g/mol. The molecular formula is C25H19ClFN3O4. The fourth-order valence-electron chi connectivity index (χ4n) is 2.85.